The summed E-state index contributed by atoms with van der Waals surface area (Å²) in [6, 6.07) is -1.00. The quantitative estimate of drug-likeness (QED) is 0.0283. The van der Waals surface area contributed by atoms with Gasteiger partial charge in [0.05, 0.1) is 108 Å². The van der Waals surface area contributed by atoms with Crippen LogP contribution < -0.4 is 10.6 Å². The lowest BCUT2D eigenvalue weighted by Crippen LogP contribution is -2.64. The number of unbranched alkanes of at least 4 members (excludes halogenated alkanes) is 2. The van der Waals surface area contributed by atoms with Gasteiger partial charge in [-0.2, -0.15) is 0 Å². The number of hydrogen-bond donors (Lipinski definition) is 5. The standard InChI is InChI=1S/C55H100N5O19PS2/c1-36(2)73-40(7)52-46(32-39(6)75-52)79-80(67,78-41(8)53-45(74-37(3)4)31-38(5)76-53)72-24-14-15-30-81-82-55(10,11)20-19-48(64)56-33-43-34-60(59-58-43)21-25-69-27-29-70-28-26-68-22-16-18-44(63)17-12-13-23-71-54-49(57-42(9)62)51(66)50(65)47(35-61)77-54/h34,36-41,45-47,49-54,61,65-66H,12-33,35H2,1-11H3,(H,56,64)(H,57,62)/t38-,39-,40?,41?,45+,46+,47?,49?,50?,51?,52+,53+,54?,80?/m0/s1. The molecule has 5 N–H and O–H groups in total. The normalized spacial score (nSPS) is 26.6. The average Bonchev–Trinajstić information content (AvgIpc) is 4.30. The second kappa shape index (κ2) is 38.4. The van der Waals surface area contributed by atoms with Crippen LogP contribution in [0, 0.1) is 0 Å². The number of nitrogens with zero attached hydrogens (tertiary/aromatic N) is 3. The van der Waals surface area contributed by atoms with Gasteiger partial charge >= 0.3 is 7.82 Å². The van der Waals surface area contributed by atoms with Gasteiger partial charge < -0.3 is 68.6 Å². The van der Waals surface area contributed by atoms with Crippen LogP contribution in [-0.2, 0) is 88.2 Å². The summed E-state index contributed by atoms with van der Waals surface area (Å²) in [4.78, 5) is 36.7. The zero-order valence-corrected chi connectivity index (χ0v) is 53.0. The molecule has 3 aliphatic heterocycles. The topological polar surface area (TPSA) is 294 Å². The lowest BCUT2D eigenvalue weighted by molar-refractivity contribution is -0.270. The Morgan fingerprint density at radius 2 is 1.45 bits per heavy atom. The van der Waals surface area contributed by atoms with Crippen LogP contribution in [0.2, 0.25) is 0 Å². The number of phosphoric ester groups is 1. The van der Waals surface area contributed by atoms with E-state index >= 15 is 0 Å². The molecule has 4 heterocycles. The Morgan fingerprint density at radius 1 is 0.805 bits per heavy atom. The van der Waals surface area contributed by atoms with Gasteiger partial charge in [0.25, 0.3) is 0 Å². The molecule has 82 heavy (non-hydrogen) atoms. The van der Waals surface area contributed by atoms with Gasteiger partial charge in [-0.15, -0.1) is 5.10 Å². The number of carbonyl (C=O) groups is 3. The van der Waals surface area contributed by atoms with E-state index < -0.39 is 75.4 Å². The van der Waals surface area contributed by atoms with E-state index in [2.05, 4.69) is 34.8 Å². The van der Waals surface area contributed by atoms with Crippen molar-refractivity contribution in [3.05, 3.63) is 11.9 Å². The summed E-state index contributed by atoms with van der Waals surface area (Å²) in [5, 5.41) is 43.8. The van der Waals surface area contributed by atoms with Crippen LogP contribution in [0.4, 0.5) is 0 Å². The van der Waals surface area contributed by atoms with E-state index in [0.717, 1.165) is 12.2 Å². The molecule has 1 aromatic rings. The van der Waals surface area contributed by atoms with Crippen LogP contribution in [0.1, 0.15) is 152 Å². The third-order valence-corrected chi connectivity index (χ3v) is 18.6. The number of amides is 2. The minimum atomic E-state index is -4.11. The number of carbonyl (C=O) groups excluding carboxylic acids is 3. The molecule has 1 aromatic heterocycles. The minimum Gasteiger partial charge on any atom is -0.394 e. The lowest BCUT2D eigenvalue weighted by atomic mass is 9.97. The molecule has 0 radical (unpaired) electrons. The molecule has 3 fully saturated rings. The Bertz CT molecular complexity index is 2020. The number of ketones is 1. The molecule has 3 saturated heterocycles. The van der Waals surface area contributed by atoms with Crippen LogP contribution in [0.3, 0.4) is 0 Å². The molecular formula is C55H100N5O19PS2. The first-order valence-electron chi connectivity index (χ1n) is 29.4. The number of hydrogen-bond acceptors (Lipinski definition) is 23. The number of nitrogens with one attached hydrogen (secondary N) is 2. The van der Waals surface area contributed by atoms with E-state index in [-0.39, 0.29) is 72.8 Å². The highest BCUT2D eigenvalue weighted by atomic mass is 33.1. The van der Waals surface area contributed by atoms with Crippen molar-refractivity contribution in [2.45, 2.75) is 256 Å². The zero-order chi connectivity index (χ0) is 60.2. The number of aliphatic hydroxyl groups excluding tert-OH is 3. The molecule has 476 valence electrons. The molecule has 0 aliphatic carbocycles. The number of aromatic nitrogens is 3. The van der Waals surface area contributed by atoms with Crippen LogP contribution >= 0.6 is 29.4 Å². The minimum absolute atomic E-state index is 0.00788. The van der Waals surface area contributed by atoms with Gasteiger partial charge in [0, 0.05) is 62.7 Å². The monoisotopic (exact) mass is 1230 g/mol. The predicted octanol–water partition coefficient (Wildman–Crippen LogP) is 6.02. The summed E-state index contributed by atoms with van der Waals surface area (Å²) >= 11 is 0. The summed E-state index contributed by atoms with van der Waals surface area (Å²) in [5.41, 5.74) is 0.647. The van der Waals surface area contributed by atoms with E-state index in [0.29, 0.717) is 116 Å². The second-order valence-corrected chi connectivity index (χ2v) is 27.2. The van der Waals surface area contributed by atoms with Crippen molar-refractivity contribution in [3.63, 3.8) is 0 Å². The Balaban J connectivity index is 1.00. The molecule has 0 saturated carbocycles. The molecule has 2 amide bonds. The summed E-state index contributed by atoms with van der Waals surface area (Å²) < 4.78 is 87.4. The Hall–Kier alpha value is -1.92. The van der Waals surface area contributed by atoms with Crippen molar-refractivity contribution in [2.24, 2.45) is 0 Å². The number of aliphatic hydroxyl groups is 3. The summed E-state index contributed by atoms with van der Waals surface area (Å²) in [5.74, 6) is 0.444. The highest BCUT2D eigenvalue weighted by Gasteiger charge is 2.48. The van der Waals surface area contributed by atoms with Gasteiger partial charge in [-0.3, -0.25) is 28.0 Å². The zero-order valence-electron chi connectivity index (χ0n) is 50.5. The van der Waals surface area contributed by atoms with E-state index in [4.69, 9.17) is 56.2 Å². The van der Waals surface area contributed by atoms with Gasteiger partial charge in [0.15, 0.2) is 6.29 Å². The first-order valence-corrected chi connectivity index (χ1v) is 33.2. The molecule has 0 spiro atoms. The molecule has 3 aliphatic rings. The van der Waals surface area contributed by atoms with Gasteiger partial charge in [0.1, 0.15) is 54.1 Å². The van der Waals surface area contributed by atoms with Crippen molar-refractivity contribution < 1.29 is 90.5 Å². The highest BCUT2D eigenvalue weighted by molar-refractivity contribution is 8.77. The number of phosphoric acid groups is 1. The molecule has 4 rings (SSSR count). The third-order valence-electron chi connectivity index (χ3n) is 13.6. The molecular weight excluding hydrogens is 1130 g/mol. The van der Waals surface area contributed by atoms with Crippen LogP contribution in [-0.4, -0.2) is 210 Å². The van der Waals surface area contributed by atoms with Gasteiger partial charge in [-0.05, 0) is 108 Å². The Morgan fingerprint density at radius 3 is 2.12 bits per heavy atom. The first-order chi connectivity index (χ1) is 39.0. The van der Waals surface area contributed by atoms with E-state index in [1.807, 2.05) is 55.4 Å². The molecule has 14 atom stereocenters. The fraction of sp³-hybridized carbons (Fsp3) is 0.909. The van der Waals surface area contributed by atoms with E-state index in [1.165, 1.54) is 6.92 Å². The molecule has 8 unspecified atom stereocenters. The number of ether oxygens (including phenoxy) is 9. The largest absolute Gasteiger partial charge is 0.475 e. The fourth-order valence-corrected chi connectivity index (χ4v) is 13.8. The highest BCUT2D eigenvalue weighted by Crippen LogP contribution is 2.55. The van der Waals surface area contributed by atoms with Crippen LogP contribution in [0.5, 0.6) is 0 Å². The number of Topliss-reactive ketones (excluding diaryl/α,β-unsaturated/α-hetero) is 1. The van der Waals surface area contributed by atoms with Crippen LogP contribution in [0.25, 0.3) is 0 Å². The maximum Gasteiger partial charge on any atom is 0.475 e. The van der Waals surface area contributed by atoms with Crippen molar-refractivity contribution in [1.29, 1.82) is 0 Å². The summed E-state index contributed by atoms with van der Waals surface area (Å²) in [7, 11) is -0.630. The molecule has 27 heteroatoms. The van der Waals surface area contributed by atoms with E-state index in [9.17, 15) is 34.3 Å². The maximum absolute atomic E-state index is 14.6. The van der Waals surface area contributed by atoms with E-state index in [1.54, 1.807) is 32.5 Å². The molecule has 0 aromatic carbocycles. The van der Waals surface area contributed by atoms with Gasteiger partial charge in [0.2, 0.25) is 11.8 Å². The Kier molecular flexibility index (Phi) is 34.0. The second-order valence-electron chi connectivity index (χ2n) is 22.5. The predicted molar refractivity (Wildman–Crippen MR) is 309 cm³/mol. The number of rotatable bonds is 44. The fourth-order valence-electron chi connectivity index (χ4n) is 9.51. The van der Waals surface area contributed by atoms with Crippen molar-refractivity contribution >= 4 is 47.0 Å². The van der Waals surface area contributed by atoms with Crippen LogP contribution in [0.15, 0.2) is 6.20 Å². The van der Waals surface area contributed by atoms with Gasteiger partial charge in [-0.25, -0.2) is 9.25 Å². The average molecular weight is 1230 g/mol. The lowest BCUT2D eigenvalue weighted by Gasteiger charge is -2.42. The van der Waals surface area contributed by atoms with Crippen molar-refractivity contribution in [3.8, 4) is 0 Å². The first kappa shape index (κ1) is 72.6. The SMILES string of the molecule is CC(=O)NC1C(OCCCCC(=O)CCCOCCOCCOCCn2cc(CNC(=O)CCC(C)(C)SSCCCCOP(=O)(OC(C)[C@H]3O[C@@H](C)C[C@H]3OC(C)C)O[C@@H]3C[C@H](C)O[C@@H]3C(C)OC(C)C)nn2)OC(CO)C(O)C1O. The molecule has 24 nitrogen and oxygen atoms in total. The van der Waals surface area contributed by atoms with Crippen molar-refractivity contribution in [1.82, 2.24) is 25.6 Å². The summed E-state index contributed by atoms with van der Waals surface area (Å²) in [6.07, 6.45) is 0.331. The third kappa shape index (κ3) is 27.8. The smallest absolute Gasteiger partial charge is 0.394 e. The maximum atomic E-state index is 14.6. The van der Waals surface area contributed by atoms with Gasteiger partial charge in [-0.1, -0.05) is 26.8 Å². The Labute approximate surface area is 494 Å². The molecule has 0 bridgehead atoms. The van der Waals surface area contributed by atoms with Crippen molar-refractivity contribution in [2.75, 3.05) is 65.2 Å². The summed E-state index contributed by atoms with van der Waals surface area (Å²) in [6.45, 7) is 24.2.